The zero-order valence-electron chi connectivity index (χ0n) is 34.3. The van der Waals surface area contributed by atoms with Crippen LogP contribution in [0.25, 0.3) is 0 Å². The number of nitrogens with zero attached hydrogens (tertiary/aromatic N) is 2. The van der Waals surface area contributed by atoms with Gasteiger partial charge in [-0.15, -0.1) is 0 Å². The molecule has 0 radical (unpaired) electrons. The van der Waals surface area contributed by atoms with Crippen molar-refractivity contribution in [1.29, 1.82) is 0 Å². The number of halogens is 1. The van der Waals surface area contributed by atoms with Crippen molar-refractivity contribution in [1.82, 2.24) is 0 Å². The Morgan fingerprint density at radius 3 is 2.27 bits per heavy atom. The average Bonchev–Trinajstić information content (AvgIpc) is 3.51. The summed E-state index contributed by atoms with van der Waals surface area (Å²) in [7, 11) is 0. The monoisotopic (exact) mass is 759 g/mol. The average molecular weight is 761 g/mol. The predicted octanol–water partition coefficient (Wildman–Crippen LogP) is 12.6. The lowest BCUT2D eigenvalue weighted by molar-refractivity contribution is -0.438. The normalized spacial score (nSPS) is 28.9. The first-order valence-electron chi connectivity index (χ1n) is 21.7. The third-order valence-electron chi connectivity index (χ3n) is 14.6. The van der Waals surface area contributed by atoms with Crippen LogP contribution in [0.2, 0.25) is 0 Å². The maximum Gasteiger partial charge on any atom is 0.305 e. The SMILES string of the molecule is CCN1C(=CC=C2CCCC(C=CC3=[N+](CCCCCC(=O)OCCC45CC6CC(CC(C6)C4)C5)c4ccccc4C3(C)C)=C2Cl)C(C)(C)c2ccccc21. The number of allylic oxidation sites excluding steroid dienone is 8. The lowest BCUT2D eigenvalue weighted by atomic mass is 9.49. The van der Waals surface area contributed by atoms with E-state index in [1.54, 1.807) is 0 Å². The number of hydrogen-bond donors (Lipinski definition) is 0. The lowest BCUT2D eigenvalue weighted by Crippen LogP contribution is -2.46. The maximum absolute atomic E-state index is 12.8. The molecule has 0 unspecified atom stereocenters. The first-order valence-corrected chi connectivity index (χ1v) is 22.1. The van der Waals surface area contributed by atoms with Crippen molar-refractivity contribution in [3.05, 3.63) is 106 Å². The molecule has 0 aromatic heterocycles. The van der Waals surface area contributed by atoms with Gasteiger partial charge in [0.2, 0.25) is 5.69 Å². The van der Waals surface area contributed by atoms with Crippen molar-refractivity contribution >= 4 is 34.7 Å². The summed E-state index contributed by atoms with van der Waals surface area (Å²) >= 11 is 7.25. The van der Waals surface area contributed by atoms with Crippen LogP contribution in [0.1, 0.15) is 136 Å². The summed E-state index contributed by atoms with van der Waals surface area (Å²) in [4.78, 5) is 15.2. The third kappa shape index (κ3) is 7.47. The number of para-hydroxylation sites is 2. The zero-order valence-corrected chi connectivity index (χ0v) is 35.0. The van der Waals surface area contributed by atoms with Crippen LogP contribution in [-0.4, -0.2) is 36.0 Å². The number of hydrogen-bond acceptors (Lipinski definition) is 3. The maximum atomic E-state index is 12.8. The highest BCUT2D eigenvalue weighted by atomic mass is 35.5. The van der Waals surface area contributed by atoms with Crippen molar-refractivity contribution in [2.75, 3.05) is 24.6 Å². The fourth-order valence-corrected chi connectivity index (χ4v) is 12.5. The molecule has 5 aliphatic carbocycles. The molecule has 4 nitrogen and oxygen atoms in total. The van der Waals surface area contributed by atoms with Gasteiger partial charge in [0, 0.05) is 58.9 Å². The molecule has 55 heavy (non-hydrogen) atoms. The van der Waals surface area contributed by atoms with Gasteiger partial charge in [-0.2, -0.15) is 4.58 Å². The molecule has 0 atom stereocenters. The standard InChI is InChI=1S/C50H64ClN2O2/c1-6-52-42-19-11-9-17-40(42)48(2,3)44(52)24-22-38-15-14-16-39(47(38)51)23-25-45-49(4,5)41-18-10-12-20-43(41)53(45)27-13-7-8-21-46(54)55-28-26-50-32-35-29-36(33-50)31-37(30-35)34-50/h9-12,17-20,22-25,35-37H,6-8,13-16,21,26-34H2,1-5H3/q+1. The molecule has 7 aliphatic rings. The van der Waals surface area contributed by atoms with Crippen LogP contribution in [0, 0.1) is 23.2 Å². The number of carbonyl (C=O) groups excluding carboxylic acids is 1. The van der Waals surface area contributed by atoms with Gasteiger partial charge >= 0.3 is 5.97 Å². The van der Waals surface area contributed by atoms with E-state index >= 15 is 0 Å². The Labute approximate surface area is 336 Å². The van der Waals surface area contributed by atoms with E-state index in [0.717, 1.165) is 80.8 Å². The molecular weight excluding hydrogens is 696 g/mol. The Morgan fingerprint density at radius 2 is 1.55 bits per heavy atom. The number of carbonyl (C=O) groups is 1. The van der Waals surface area contributed by atoms with E-state index in [9.17, 15) is 4.79 Å². The number of esters is 1. The van der Waals surface area contributed by atoms with E-state index < -0.39 is 0 Å². The van der Waals surface area contributed by atoms with E-state index in [1.165, 1.54) is 83.6 Å². The second-order valence-corrected chi connectivity index (χ2v) is 19.4. The Morgan fingerprint density at radius 1 is 0.855 bits per heavy atom. The van der Waals surface area contributed by atoms with Crippen LogP contribution in [0.15, 0.2) is 94.7 Å². The summed E-state index contributed by atoms with van der Waals surface area (Å²) in [5, 5.41) is 0.904. The van der Waals surface area contributed by atoms with Crippen LogP contribution in [-0.2, 0) is 20.4 Å². The van der Waals surface area contributed by atoms with Gasteiger partial charge in [-0.05, 0) is 150 Å². The van der Waals surface area contributed by atoms with Crippen molar-refractivity contribution in [2.24, 2.45) is 23.2 Å². The van der Waals surface area contributed by atoms with Gasteiger partial charge in [-0.25, -0.2) is 0 Å². The fraction of sp³-hybridized carbons (Fsp3) is 0.560. The molecule has 9 rings (SSSR count). The van der Waals surface area contributed by atoms with Gasteiger partial charge in [0.1, 0.15) is 6.54 Å². The molecule has 2 aliphatic heterocycles. The summed E-state index contributed by atoms with van der Waals surface area (Å²) in [5.41, 5.74) is 10.8. The largest absolute Gasteiger partial charge is 0.466 e. The van der Waals surface area contributed by atoms with E-state index in [4.69, 9.17) is 16.3 Å². The number of unbranched alkanes of at least 4 members (excludes halogenated alkanes) is 2. The Kier molecular flexibility index (Phi) is 10.9. The van der Waals surface area contributed by atoms with E-state index in [-0.39, 0.29) is 16.8 Å². The van der Waals surface area contributed by atoms with Gasteiger partial charge in [-0.1, -0.05) is 74.0 Å². The molecule has 4 bridgehead atoms. The number of anilines is 1. The Bertz CT molecular complexity index is 1920. The topological polar surface area (TPSA) is 32.5 Å². The quantitative estimate of drug-likeness (QED) is 0.116. The summed E-state index contributed by atoms with van der Waals surface area (Å²) in [6.07, 6.45) is 25.4. The van der Waals surface area contributed by atoms with Crippen LogP contribution >= 0.6 is 11.6 Å². The Hall–Kier alpha value is -3.37. The van der Waals surface area contributed by atoms with Crippen molar-refractivity contribution < 1.29 is 14.1 Å². The van der Waals surface area contributed by atoms with Crippen molar-refractivity contribution in [2.45, 2.75) is 135 Å². The van der Waals surface area contributed by atoms with E-state index in [1.807, 2.05) is 0 Å². The molecule has 4 saturated carbocycles. The number of fused-ring (bicyclic) bond motifs is 2. The summed E-state index contributed by atoms with van der Waals surface area (Å²) in [6, 6.07) is 17.7. The highest BCUT2D eigenvalue weighted by Gasteiger charge is 2.50. The predicted molar refractivity (Wildman–Crippen MR) is 228 cm³/mol. The second-order valence-electron chi connectivity index (χ2n) is 19.0. The summed E-state index contributed by atoms with van der Waals surface area (Å²) < 4.78 is 8.37. The van der Waals surface area contributed by atoms with Gasteiger partial charge in [0.15, 0.2) is 5.71 Å². The molecule has 292 valence electrons. The molecule has 2 aromatic carbocycles. The minimum atomic E-state index is -0.120. The molecule has 0 spiro atoms. The van der Waals surface area contributed by atoms with Crippen LogP contribution in [0.4, 0.5) is 11.4 Å². The van der Waals surface area contributed by atoms with Gasteiger partial charge in [0.25, 0.3) is 0 Å². The number of likely N-dealkylation sites (N-methyl/N-ethyl adjacent to an activating group) is 1. The van der Waals surface area contributed by atoms with Gasteiger partial charge in [-0.3, -0.25) is 4.79 Å². The molecule has 0 N–H and O–H groups in total. The van der Waals surface area contributed by atoms with Crippen molar-refractivity contribution in [3.8, 4) is 0 Å². The molecule has 5 heteroatoms. The number of benzene rings is 2. The molecule has 0 saturated heterocycles. The molecular formula is C50H64ClN2O2+. The minimum Gasteiger partial charge on any atom is -0.466 e. The third-order valence-corrected chi connectivity index (χ3v) is 15.1. The highest BCUT2D eigenvalue weighted by molar-refractivity contribution is 6.32. The van der Waals surface area contributed by atoms with Gasteiger partial charge in [0.05, 0.1) is 12.0 Å². The number of rotatable bonds is 13. The fourth-order valence-electron chi connectivity index (χ4n) is 12.2. The second kappa shape index (κ2) is 15.5. The Balaban J connectivity index is 0.911. The first kappa shape index (κ1) is 38.5. The molecule has 2 heterocycles. The van der Waals surface area contributed by atoms with E-state index in [2.05, 4.69) is 117 Å². The summed E-state index contributed by atoms with van der Waals surface area (Å²) in [5.74, 6) is 2.84. The summed E-state index contributed by atoms with van der Waals surface area (Å²) in [6.45, 7) is 14.1. The first-order chi connectivity index (χ1) is 26.5. The van der Waals surface area contributed by atoms with Crippen molar-refractivity contribution in [3.63, 3.8) is 0 Å². The minimum absolute atomic E-state index is 0.00505. The van der Waals surface area contributed by atoms with Crippen LogP contribution in [0.3, 0.4) is 0 Å². The zero-order chi connectivity index (χ0) is 38.4. The smallest absolute Gasteiger partial charge is 0.305 e. The molecule has 0 amide bonds. The van der Waals surface area contributed by atoms with Crippen LogP contribution in [0.5, 0.6) is 0 Å². The molecule has 4 fully saturated rings. The van der Waals surface area contributed by atoms with E-state index in [0.29, 0.717) is 18.4 Å². The number of ether oxygens (including phenoxy) is 1. The van der Waals surface area contributed by atoms with Crippen LogP contribution < -0.4 is 4.90 Å². The van der Waals surface area contributed by atoms with Gasteiger partial charge < -0.3 is 9.64 Å². The lowest BCUT2D eigenvalue weighted by Gasteiger charge is -2.57. The highest BCUT2D eigenvalue weighted by Crippen LogP contribution is 2.61. The molecule has 2 aromatic rings.